The van der Waals surface area contributed by atoms with Crippen molar-refractivity contribution in [1.29, 1.82) is 0 Å². The molecule has 2 rings (SSSR count). The SMILES string of the molecule is Clc1cc(Cl)cc(-c2cncc(Cl)n2)c1. The van der Waals surface area contributed by atoms with E-state index in [1.165, 1.54) is 6.20 Å². The van der Waals surface area contributed by atoms with Gasteiger partial charge in [-0.3, -0.25) is 4.98 Å². The van der Waals surface area contributed by atoms with Crippen LogP contribution < -0.4 is 0 Å². The van der Waals surface area contributed by atoms with Crippen LogP contribution >= 0.6 is 34.8 Å². The lowest BCUT2D eigenvalue weighted by molar-refractivity contribution is 1.21. The first kappa shape index (κ1) is 10.7. The van der Waals surface area contributed by atoms with Crippen molar-refractivity contribution in [3.8, 4) is 11.3 Å². The number of aromatic nitrogens is 2. The largest absolute Gasteiger partial charge is 0.259 e. The van der Waals surface area contributed by atoms with Crippen molar-refractivity contribution in [2.24, 2.45) is 0 Å². The molecule has 76 valence electrons. The van der Waals surface area contributed by atoms with E-state index in [-0.39, 0.29) is 0 Å². The summed E-state index contributed by atoms with van der Waals surface area (Å²) in [5, 5.41) is 1.45. The van der Waals surface area contributed by atoms with Gasteiger partial charge in [-0.05, 0) is 18.2 Å². The summed E-state index contributed by atoms with van der Waals surface area (Å²) in [6, 6.07) is 5.17. The van der Waals surface area contributed by atoms with Crippen molar-refractivity contribution < 1.29 is 0 Å². The summed E-state index contributed by atoms with van der Waals surface area (Å²) in [4.78, 5) is 8.05. The summed E-state index contributed by atoms with van der Waals surface area (Å²) in [6.45, 7) is 0. The highest BCUT2D eigenvalue weighted by atomic mass is 35.5. The average molecular weight is 260 g/mol. The van der Waals surface area contributed by atoms with Gasteiger partial charge in [0.25, 0.3) is 0 Å². The first-order chi connectivity index (χ1) is 7.15. The van der Waals surface area contributed by atoms with Crippen LogP contribution in [0.25, 0.3) is 11.3 Å². The Hall–Kier alpha value is -0.830. The lowest BCUT2D eigenvalue weighted by atomic mass is 10.2. The van der Waals surface area contributed by atoms with Gasteiger partial charge >= 0.3 is 0 Å². The van der Waals surface area contributed by atoms with Gasteiger partial charge in [-0.1, -0.05) is 34.8 Å². The predicted octanol–water partition coefficient (Wildman–Crippen LogP) is 4.10. The monoisotopic (exact) mass is 258 g/mol. The summed E-state index contributed by atoms with van der Waals surface area (Å²) >= 11 is 17.5. The highest BCUT2D eigenvalue weighted by Gasteiger charge is 2.03. The summed E-state index contributed by atoms with van der Waals surface area (Å²) in [5.41, 5.74) is 1.44. The van der Waals surface area contributed by atoms with Crippen LogP contribution in [0.15, 0.2) is 30.6 Å². The minimum atomic E-state index is 0.337. The molecule has 5 heteroatoms. The van der Waals surface area contributed by atoms with Gasteiger partial charge in [0.15, 0.2) is 0 Å². The Kier molecular flexibility index (Phi) is 3.10. The molecule has 0 unspecified atom stereocenters. The Labute approximate surface area is 102 Å². The third-order valence-electron chi connectivity index (χ3n) is 1.76. The van der Waals surface area contributed by atoms with Crippen LogP contribution in [-0.4, -0.2) is 9.97 Å². The maximum atomic E-state index is 5.87. The van der Waals surface area contributed by atoms with Gasteiger partial charge in [0.05, 0.1) is 18.1 Å². The van der Waals surface area contributed by atoms with E-state index in [0.29, 0.717) is 20.9 Å². The van der Waals surface area contributed by atoms with E-state index in [1.54, 1.807) is 24.4 Å². The second-order valence-corrected chi connectivity index (χ2v) is 4.15. The van der Waals surface area contributed by atoms with Gasteiger partial charge in [-0.2, -0.15) is 0 Å². The Bertz CT molecular complexity index is 480. The normalized spacial score (nSPS) is 10.3. The van der Waals surface area contributed by atoms with E-state index in [9.17, 15) is 0 Å². The van der Waals surface area contributed by atoms with Crippen LogP contribution in [0.4, 0.5) is 0 Å². The summed E-state index contributed by atoms with van der Waals surface area (Å²) in [5.74, 6) is 0. The molecule has 15 heavy (non-hydrogen) atoms. The summed E-state index contributed by atoms with van der Waals surface area (Å²) in [6.07, 6.45) is 3.07. The summed E-state index contributed by atoms with van der Waals surface area (Å²) < 4.78 is 0. The van der Waals surface area contributed by atoms with Crippen molar-refractivity contribution in [3.63, 3.8) is 0 Å². The van der Waals surface area contributed by atoms with Crippen LogP contribution in [-0.2, 0) is 0 Å². The highest BCUT2D eigenvalue weighted by Crippen LogP contribution is 2.26. The van der Waals surface area contributed by atoms with Crippen LogP contribution in [0.2, 0.25) is 15.2 Å². The van der Waals surface area contributed by atoms with Crippen molar-refractivity contribution >= 4 is 34.8 Å². The molecule has 0 atom stereocenters. The van der Waals surface area contributed by atoms with E-state index in [2.05, 4.69) is 9.97 Å². The zero-order valence-electron chi connectivity index (χ0n) is 7.42. The fraction of sp³-hybridized carbons (Fsp3) is 0. The molecule has 0 bridgehead atoms. The number of rotatable bonds is 1. The van der Waals surface area contributed by atoms with Gasteiger partial charge in [0.2, 0.25) is 0 Å². The minimum Gasteiger partial charge on any atom is -0.259 e. The number of benzene rings is 1. The molecule has 2 nitrogen and oxygen atoms in total. The lowest BCUT2D eigenvalue weighted by Gasteiger charge is -2.02. The molecule has 0 spiro atoms. The molecule has 0 aliphatic carbocycles. The van der Waals surface area contributed by atoms with Gasteiger partial charge in [-0.15, -0.1) is 0 Å². The molecular weight excluding hydrogens is 254 g/mol. The number of hydrogen-bond acceptors (Lipinski definition) is 2. The molecule has 0 N–H and O–H groups in total. The van der Waals surface area contributed by atoms with Crippen LogP contribution in [0.1, 0.15) is 0 Å². The molecule has 2 aromatic rings. The lowest BCUT2D eigenvalue weighted by Crippen LogP contribution is -1.86. The Morgan fingerprint density at radius 1 is 0.867 bits per heavy atom. The Balaban J connectivity index is 2.54. The van der Waals surface area contributed by atoms with Crippen LogP contribution in [0.3, 0.4) is 0 Å². The fourth-order valence-electron chi connectivity index (χ4n) is 1.18. The van der Waals surface area contributed by atoms with Gasteiger partial charge in [0.1, 0.15) is 5.15 Å². The predicted molar refractivity (Wildman–Crippen MR) is 62.5 cm³/mol. The number of halogens is 3. The van der Waals surface area contributed by atoms with Crippen LogP contribution in [0.5, 0.6) is 0 Å². The topological polar surface area (TPSA) is 25.8 Å². The molecule has 0 saturated carbocycles. The molecule has 1 heterocycles. The molecule has 0 fully saturated rings. The van der Waals surface area contributed by atoms with Gasteiger partial charge < -0.3 is 0 Å². The first-order valence-electron chi connectivity index (χ1n) is 4.09. The molecule has 1 aromatic carbocycles. The third kappa shape index (κ3) is 2.59. The highest BCUT2D eigenvalue weighted by molar-refractivity contribution is 6.35. The second kappa shape index (κ2) is 4.35. The summed E-state index contributed by atoms with van der Waals surface area (Å²) in [7, 11) is 0. The number of nitrogens with zero attached hydrogens (tertiary/aromatic N) is 2. The number of hydrogen-bond donors (Lipinski definition) is 0. The third-order valence-corrected chi connectivity index (χ3v) is 2.38. The Morgan fingerprint density at radius 2 is 1.53 bits per heavy atom. The quantitative estimate of drug-likeness (QED) is 0.770. The van der Waals surface area contributed by atoms with E-state index >= 15 is 0 Å². The molecular formula is C10H5Cl3N2. The zero-order chi connectivity index (χ0) is 10.8. The first-order valence-corrected chi connectivity index (χ1v) is 5.22. The smallest absolute Gasteiger partial charge is 0.148 e. The fourth-order valence-corrected chi connectivity index (χ4v) is 1.86. The second-order valence-electron chi connectivity index (χ2n) is 2.89. The Morgan fingerprint density at radius 3 is 2.13 bits per heavy atom. The van der Waals surface area contributed by atoms with Gasteiger partial charge in [-0.25, -0.2) is 4.98 Å². The van der Waals surface area contributed by atoms with E-state index in [4.69, 9.17) is 34.8 Å². The standard InChI is InChI=1S/C10H5Cl3N2/c11-7-1-6(2-8(12)3-7)9-4-14-5-10(13)15-9/h1-5H. The van der Waals surface area contributed by atoms with Crippen LogP contribution in [0, 0.1) is 0 Å². The zero-order valence-corrected chi connectivity index (χ0v) is 9.68. The molecule has 1 aromatic heterocycles. The average Bonchev–Trinajstić information content (AvgIpc) is 2.16. The molecule has 0 saturated heterocycles. The van der Waals surface area contributed by atoms with Crippen molar-refractivity contribution in [1.82, 2.24) is 9.97 Å². The van der Waals surface area contributed by atoms with Crippen molar-refractivity contribution in [2.75, 3.05) is 0 Å². The molecule has 0 amide bonds. The van der Waals surface area contributed by atoms with Crippen molar-refractivity contribution in [3.05, 3.63) is 45.8 Å². The van der Waals surface area contributed by atoms with E-state index < -0.39 is 0 Å². The van der Waals surface area contributed by atoms with Gasteiger partial charge in [0, 0.05) is 15.6 Å². The molecule has 0 aliphatic heterocycles. The molecule has 0 radical (unpaired) electrons. The molecule has 0 aliphatic rings. The minimum absolute atomic E-state index is 0.337. The maximum absolute atomic E-state index is 5.87. The van der Waals surface area contributed by atoms with Crippen molar-refractivity contribution in [2.45, 2.75) is 0 Å². The maximum Gasteiger partial charge on any atom is 0.148 e. The van der Waals surface area contributed by atoms with E-state index in [0.717, 1.165) is 5.56 Å². The van der Waals surface area contributed by atoms with E-state index in [1.807, 2.05) is 0 Å².